The van der Waals surface area contributed by atoms with Crippen molar-refractivity contribution in [2.75, 3.05) is 0 Å². The number of aromatic hydroxyl groups is 1. The van der Waals surface area contributed by atoms with Gasteiger partial charge in [0.25, 0.3) is 0 Å². The van der Waals surface area contributed by atoms with Gasteiger partial charge in [-0.25, -0.2) is 8.78 Å². The molecule has 0 saturated carbocycles. The summed E-state index contributed by atoms with van der Waals surface area (Å²) in [4.78, 5) is 0. The van der Waals surface area contributed by atoms with Crippen LogP contribution in [-0.4, -0.2) is 11.3 Å². The maximum absolute atomic E-state index is 12.6. The molecule has 0 aliphatic rings. The number of phenols is 1. The van der Waals surface area contributed by atoms with Crippen LogP contribution in [0.5, 0.6) is 5.75 Å². The molecule has 0 spiro atoms. The second-order valence-electron chi connectivity index (χ2n) is 2.84. The molecule has 3 N–H and O–H groups in total. The Morgan fingerprint density at radius 1 is 1.13 bits per heavy atom. The normalized spacial score (nSPS) is 14.0. The number of hydrogen-bond donors (Lipinski definition) is 2. The van der Waals surface area contributed by atoms with E-state index >= 15 is 0 Å². The van der Waals surface area contributed by atoms with E-state index in [1.54, 1.807) is 0 Å². The number of alkyl halides is 3. The monoisotopic (exact) mass is 227 g/mol. The summed E-state index contributed by atoms with van der Waals surface area (Å²) in [7, 11) is 0. The Morgan fingerprint density at radius 2 is 1.60 bits per heavy atom. The number of hydrogen-bond acceptors (Lipinski definition) is 2. The molecular weight excluding hydrogens is 221 g/mol. The van der Waals surface area contributed by atoms with Crippen molar-refractivity contribution < 1.29 is 27.1 Å². The van der Waals surface area contributed by atoms with Crippen LogP contribution < -0.4 is 5.73 Å². The third kappa shape index (κ3) is 2.35. The number of halogens is 5. The second-order valence-corrected chi connectivity index (χ2v) is 2.84. The Bertz CT molecular complexity index is 376. The first-order valence-electron chi connectivity index (χ1n) is 3.73. The topological polar surface area (TPSA) is 46.2 Å². The lowest BCUT2D eigenvalue weighted by Gasteiger charge is -2.17. The largest absolute Gasteiger partial charge is 0.507 e. The molecule has 15 heavy (non-hydrogen) atoms. The molecule has 0 radical (unpaired) electrons. The van der Waals surface area contributed by atoms with Crippen molar-refractivity contribution in [2.24, 2.45) is 5.73 Å². The van der Waals surface area contributed by atoms with E-state index < -0.39 is 35.2 Å². The molecule has 0 aromatic heterocycles. The molecule has 0 saturated heterocycles. The Kier molecular flexibility index (Phi) is 2.85. The van der Waals surface area contributed by atoms with Gasteiger partial charge in [-0.05, 0) is 6.07 Å². The predicted octanol–water partition coefficient (Wildman–Crippen LogP) is 2.23. The van der Waals surface area contributed by atoms with Crippen LogP contribution in [0.2, 0.25) is 0 Å². The van der Waals surface area contributed by atoms with Crippen LogP contribution >= 0.6 is 0 Å². The highest BCUT2D eigenvalue weighted by atomic mass is 19.4. The molecule has 0 heterocycles. The first kappa shape index (κ1) is 11.7. The summed E-state index contributed by atoms with van der Waals surface area (Å²) in [5.41, 5.74) is 3.82. The van der Waals surface area contributed by atoms with Crippen LogP contribution in [0.3, 0.4) is 0 Å². The van der Waals surface area contributed by atoms with E-state index in [4.69, 9.17) is 10.8 Å². The molecule has 0 unspecified atom stereocenters. The van der Waals surface area contributed by atoms with Gasteiger partial charge in [0, 0.05) is 11.6 Å². The molecule has 2 nitrogen and oxygen atoms in total. The highest BCUT2D eigenvalue weighted by Gasteiger charge is 2.39. The molecule has 0 aliphatic heterocycles. The average Bonchev–Trinajstić information content (AvgIpc) is 2.08. The van der Waals surface area contributed by atoms with Gasteiger partial charge in [0.2, 0.25) is 0 Å². The molecule has 1 rings (SSSR count). The summed E-state index contributed by atoms with van der Waals surface area (Å²) in [6, 6.07) is -2.08. The van der Waals surface area contributed by atoms with Gasteiger partial charge < -0.3 is 10.8 Å². The first-order chi connectivity index (χ1) is 6.73. The maximum atomic E-state index is 12.6. The molecule has 7 heteroatoms. The minimum Gasteiger partial charge on any atom is -0.507 e. The van der Waals surface area contributed by atoms with E-state index in [-0.39, 0.29) is 12.1 Å². The molecule has 1 aromatic rings. The lowest BCUT2D eigenvalue weighted by Crippen LogP contribution is -2.28. The average molecular weight is 227 g/mol. The van der Waals surface area contributed by atoms with Gasteiger partial charge in [-0.15, -0.1) is 0 Å². The van der Waals surface area contributed by atoms with Crippen LogP contribution in [0.1, 0.15) is 11.6 Å². The van der Waals surface area contributed by atoms with Gasteiger partial charge in [-0.2, -0.15) is 13.2 Å². The summed E-state index contributed by atoms with van der Waals surface area (Å²) in [6.07, 6.45) is -4.83. The lowest BCUT2D eigenvalue weighted by atomic mass is 10.1. The molecule has 0 aliphatic carbocycles. The van der Waals surface area contributed by atoms with Crippen molar-refractivity contribution in [1.29, 1.82) is 0 Å². The standard InChI is InChI=1S/C8H6F5NO/c9-4-1-3(6(15)2-5(4)10)7(14)8(11,12)13/h1-2,7,15H,14H2/t7-/m1/s1. The van der Waals surface area contributed by atoms with Crippen LogP contribution in [-0.2, 0) is 0 Å². The zero-order valence-corrected chi connectivity index (χ0v) is 7.15. The van der Waals surface area contributed by atoms with E-state index in [9.17, 15) is 22.0 Å². The number of nitrogens with two attached hydrogens (primary N) is 1. The maximum Gasteiger partial charge on any atom is 0.407 e. The minimum absolute atomic E-state index is 0.225. The van der Waals surface area contributed by atoms with Gasteiger partial charge >= 0.3 is 6.18 Å². The number of rotatable bonds is 1. The minimum atomic E-state index is -4.83. The van der Waals surface area contributed by atoms with Crippen molar-refractivity contribution in [2.45, 2.75) is 12.2 Å². The van der Waals surface area contributed by atoms with Gasteiger partial charge in [-0.3, -0.25) is 0 Å². The van der Waals surface area contributed by atoms with E-state index in [0.29, 0.717) is 0 Å². The predicted molar refractivity (Wildman–Crippen MR) is 41.0 cm³/mol. The Balaban J connectivity index is 3.21. The van der Waals surface area contributed by atoms with Crippen molar-refractivity contribution in [1.82, 2.24) is 0 Å². The Labute approximate surface area is 81.1 Å². The van der Waals surface area contributed by atoms with Gasteiger partial charge in [0.05, 0.1) is 0 Å². The van der Waals surface area contributed by atoms with Gasteiger partial charge in [-0.1, -0.05) is 0 Å². The fraction of sp³-hybridized carbons (Fsp3) is 0.250. The summed E-state index contributed by atoms with van der Waals surface area (Å²) >= 11 is 0. The highest BCUT2D eigenvalue weighted by Crippen LogP contribution is 2.35. The van der Waals surface area contributed by atoms with Crippen LogP contribution in [0.4, 0.5) is 22.0 Å². The van der Waals surface area contributed by atoms with E-state index in [1.165, 1.54) is 0 Å². The molecule has 84 valence electrons. The smallest absolute Gasteiger partial charge is 0.407 e. The van der Waals surface area contributed by atoms with Crippen LogP contribution in [0.25, 0.3) is 0 Å². The fourth-order valence-corrected chi connectivity index (χ4v) is 0.977. The zero-order valence-electron chi connectivity index (χ0n) is 7.15. The second kappa shape index (κ2) is 3.65. The lowest BCUT2D eigenvalue weighted by molar-refractivity contribution is -0.149. The van der Waals surface area contributed by atoms with Crippen molar-refractivity contribution in [3.8, 4) is 5.75 Å². The van der Waals surface area contributed by atoms with Gasteiger partial charge in [0.15, 0.2) is 11.6 Å². The van der Waals surface area contributed by atoms with Crippen LogP contribution in [0.15, 0.2) is 12.1 Å². The zero-order chi connectivity index (χ0) is 11.8. The summed E-state index contributed by atoms with van der Waals surface area (Å²) in [5.74, 6) is -3.97. The van der Waals surface area contributed by atoms with Gasteiger partial charge in [0.1, 0.15) is 11.8 Å². The molecule has 1 aromatic carbocycles. The highest BCUT2D eigenvalue weighted by molar-refractivity contribution is 5.36. The molecule has 0 amide bonds. The summed E-state index contributed by atoms with van der Waals surface area (Å²) in [6.45, 7) is 0. The Hall–Kier alpha value is -1.37. The van der Waals surface area contributed by atoms with E-state index in [2.05, 4.69) is 0 Å². The summed E-state index contributed by atoms with van der Waals surface area (Å²) < 4.78 is 61.3. The molecule has 0 bridgehead atoms. The quantitative estimate of drug-likeness (QED) is 0.722. The van der Waals surface area contributed by atoms with Crippen LogP contribution in [0, 0.1) is 11.6 Å². The Morgan fingerprint density at radius 3 is 2.07 bits per heavy atom. The molecule has 0 fully saturated rings. The molecule has 1 atom stereocenters. The number of benzene rings is 1. The molecular formula is C8H6F5NO. The fourth-order valence-electron chi connectivity index (χ4n) is 0.977. The first-order valence-corrected chi connectivity index (χ1v) is 3.73. The van der Waals surface area contributed by atoms with E-state index in [1.807, 2.05) is 0 Å². The van der Waals surface area contributed by atoms with E-state index in [0.717, 1.165) is 0 Å². The third-order valence-electron chi connectivity index (χ3n) is 1.76. The van der Waals surface area contributed by atoms with Crippen molar-refractivity contribution in [3.05, 3.63) is 29.3 Å². The third-order valence-corrected chi connectivity index (χ3v) is 1.76. The van der Waals surface area contributed by atoms with Crippen molar-refractivity contribution >= 4 is 0 Å². The summed E-state index contributed by atoms with van der Waals surface area (Å²) in [5, 5.41) is 8.96. The van der Waals surface area contributed by atoms with Crippen molar-refractivity contribution in [3.63, 3.8) is 0 Å². The SMILES string of the molecule is N[C@H](c1cc(F)c(F)cc1O)C(F)(F)F. The number of phenolic OH excluding ortho intramolecular Hbond substituents is 1.